The van der Waals surface area contributed by atoms with Crippen molar-refractivity contribution in [1.82, 2.24) is 0 Å². The van der Waals surface area contributed by atoms with E-state index in [1.165, 1.54) is 31.8 Å². The van der Waals surface area contributed by atoms with Crippen LogP contribution in [0.15, 0.2) is 30.3 Å². The summed E-state index contributed by atoms with van der Waals surface area (Å²) in [7, 11) is 0. The van der Waals surface area contributed by atoms with Crippen LogP contribution in [0.2, 0.25) is 0 Å². The molecule has 4 rings (SSSR count). The molecule has 0 unspecified atom stereocenters. The van der Waals surface area contributed by atoms with Gasteiger partial charge in [-0.15, -0.1) is 0 Å². The maximum absolute atomic E-state index is 12.6. The predicted molar refractivity (Wildman–Crippen MR) is 107 cm³/mol. The van der Waals surface area contributed by atoms with Crippen molar-refractivity contribution in [2.45, 2.75) is 65.4 Å². The summed E-state index contributed by atoms with van der Waals surface area (Å²) >= 11 is 0. The van der Waals surface area contributed by atoms with E-state index in [1.54, 1.807) is 30.3 Å². The van der Waals surface area contributed by atoms with Gasteiger partial charge in [-0.2, -0.15) is 0 Å². The molecule has 3 aliphatic carbocycles. The SMILES string of the molecule is C[C@@H]1CC[C@H]2C(C)(C)[C@H]3C[C@@]12CC[C@@]3(C)OC(=O)/C=C/c1ccc(O)cc1. The van der Waals surface area contributed by atoms with Gasteiger partial charge < -0.3 is 9.84 Å². The normalized spacial score (nSPS) is 39.5. The Labute approximate surface area is 162 Å². The molecule has 1 spiro atoms. The van der Waals surface area contributed by atoms with Gasteiger partial charge in [-0.1, -0.05) is 32.9 Å². The molecule has 0 heterocycles. The van der Waals surface area contributed by atoms with Crippen LogP contribution in [0.25, 0.3) is 6.08 Å². The highest BCUT2D eigenvalue weighted by Crippen LogP contribution is 2.73. The molecule has 3 nitrogen and oxygen atoms in total. The molecule has 0 amide bonds. The van der Waals surface area contributed by atoms with Gasteiger partial charge in [0.2, 0.25) is 0 Å². The Balaban J connectivity index is 1.51. The number of phenolic OH excluding ortho intramolecular Hbond substituents is 1. The van der Waals surface area contributed by atoms with Crippen molar-refractivity contribution in [3.8, 4) is 5.75 Å². The quantitative estimate of drug-likeness (QED) is 0.559. The van der Waals surface area contributed by atoms with E-state index in [4.69, 9.17) is 4.74 Å². The average Bonchev–Trinajstić information content (AvgIpc) is 3.03. The fourth-order valence-corrected chi connectivity index (χ4v) is 6.99. The van der Waals surface area contributed by atoms with Crippen molar-refractivity contribution < 1.29 is 14.6 Å². The van der Waals surface area contributed by atoms with E-state index in [0.29, 0.717) is 11.3 Å². The number of ether oxygens (including phenoxy) is 1. The molecule has 3 fully saturated rings. The molecular weight excluding hydrogens is 336 g/mol. The minimum atomic E-state index is -0.380. The van der Waals surface area contributed by atoms with Crippen molar-refractivity contribution in [2.24, 2.45) is 28.6 Å². The number of benzene rings is 1. The minimum absolute atomic E-state index is 0.219. The standard InChI is InChI=1S/C24H32O3/c1-16-5-11-19-22(2,3)20-15-24(16,19)14-13-23(20,4)27-21(26)12-8-17-6-9-18(25)10-7-17/h6-10,12,16,19-20,25H,5,11,13-15H2,1-4H3/b12-8+/t16-,19+,20-,23-,24+/m1/s1. The number of hydrogen-bond donors (Lipinski definition) is 1. The first-order valence-electron chi connectivity index (χ1n) is 10.4. The molecule has 0 aromatic heterocycles. The molecule has 3 aliphatic rings. The minimum Gasteiger partial charge on any atom is -0.508 e. The summed E-state index contributed by atoms with van der Waals surface area (Å²) in [6.45, 7) is 9.41. The Bertz CT molecular complexity index is 762. The zero-order chi connectivity index (χ0) is 19.4. The molecule has 0 saturated heterocycles. The van der Waals surface area contributed by atoms with Crippen molar-refractivity contribution in [3.05, 3.63) is 35.9 Å². The predicted octanol–water partition coefficient (Wildman–Crippen LogP) is 5.58. The molecule has 1 N–H and O–H groups in total. The molecule has 27 heavy (non-hydrogen) atoms. The number of fused-ring (bicyclic) bond motifs is 1. The third-order valence-corrected chi connectivity index (χ3v) is 8.41. The van der Waals surface area contributed by atoms with Gasteiger partial charge in [0.25, 0.3) is 0 Å². The highest BCUT2D eigenvalue weighted by atomic mass is 16.6. The monoisotopic (exact) mass is 368 g/mol. The van der Waals surface area contributed by atoms with E-state index in [1.807, 2.05) is 0 Å². The van der Waals surface area contributed by atoms with Crippen LogP contribution in [-0.2, 0) is 9.53 Å². The third kappa shape index (κ3) is 2.81. The van der Waals surface area contributed by atoms with E-state index in [2.05, 4.69) is 27.7 Å². The van der Waals surface area contributed by atoms with Gasteiger partial charge in [0.15, 0.2) is 0 Å². The van der Waals surface area contributed by atoms with Gasteiger partial charge >= 0.3 is 5.97 Å². The second-order valence-electron chi connectivity index (χ2n) is 10.0. The summed E-state index contributed by atoms with van der Waals surface area (Å²) in [5.41, 5.74) is 1.19. The van der Waals surface area contributed by atoms with Crippen LogP contribution in [-0.4, -0.2) is 16.7 Å². The summed E-state index contributed by atoms with van der Waals surface area (Å²) in [6.07, 6.45) is 9.32. The molecule has 3 heteroatoms. The average molecular weight is 369 g/mol. The maximum Gasteiger partial charge on any atom is 0.331 e. The fourth-order valence-electron chi connectivity index (χ4n) is 6.99. The van der Waals surface area contributed by atoms with E-state index in [-0.39, 0.29) is 22.7 Å². The van der Waals surface area contributed by atoms with Crippen molar-refractivity contribution in [3.63, 3.8) is 0 Å². The zero-order valence-electron chi connectivity index (χ0n) is 17.0. The molecular formula is C24H32O3. The van der Waals surface area contributed by atoms with E-state index in [9.17, 15) is 9.90 Å². The van der Waals surface area contributed by atoms with Gasteiger partial charge in [-0.3, -0.25) is 0 Å². The Morgan fingerprint density at radius 1 is 1.11 bits per heavy atom. The summed E-state index contributed by atoms with van der Waals surface area (Å²) in [6, 6.07) is 6.81. The summed E-state index contributed by atoms with van der Waals surface area (Å²) < 4.78 is 6.11. The van der Waals surface area contributed by atoms with Crippen molar-refractivity contribution in [1.29, 1.82) is 0 Å². The van der Waals surface area contributed by atoms with Gasteiger partial charge in [0.05, 0.1) is 0 Å². The first-order valence-corrected chi connectivity index (χ1v) is 10.4. The lowest BCUT2D eigenvalue weighted by atomic mass is 9.64. The first kappa shape index (κ1) is 18.6. The number of aromatic hydroxyl groups is 1. The smallest absolute Gasteiger partial charge is 0.331 e. The van der Waals surface area contributed by atoms with Crippen molar-refractivity contribution in [2.75, 3.05) is 0 Å². The summed E-state index contributed by atoms with van der Waals surface area (Å²) in [5, 5.41) is 9.36. The topological polar surface area (TPSA) is 46.5 Å². The van der Waals surface area contributed by atoms with Crippen LogP contribution in [0.3, 0.4) is 0 Å². The van der Waals surface area contributed by atoms with Gasteiger partial charge in [-0.25, -0.2) is 4.79 Å². The lowest BCUT2D eigenvalue weighted by Gasteiger charge is -2.46. The van der Waals surface area contributed by atoms with Crippen LogP contribution in [0.1, 0.15) is 65.4 Å². The van der Waals surface area contributed by atoms with E-state index < -0.39 is 0 Å². The Morgan fingerprint density at radius 3 is 2.52 bits per heavy atom. The number of carbonyl (C=O) groups is 1. The molecule has 2 bridgehead atoms. The lowest BCUT2D eigenvalue weighted by Crippen LogP contribution is -2.47. The number of carbonyl (C=O) groups excluding carboxylic acids is 1. The van der Waals surface area contributed by atoms with E-state index in [0.717, 1.165) is 23.8 Å². The molecule has 146 valence electrons. The fraction of sp³-hybridized carbons (Fsp3) is 0.625. The molecule has 0 radical (unpaired) electrons. The molecule has 5 atom stereocenters. The highest BCUT2D eigenvalue weighted by molar-refractivity contribution is 5.87. The third-order valence-electron chi connectivity index (χ3n) is 8.41. The highest BCUT2D eigenvalue weighted by Gasteiger charge is 2.68. The van der Waals surface area contributed by atoms with E-state index >= 15 is 0 Å². The molecule has 3 saturated carbocycles. The Hall–Kier alpha value is -1.77. The number of phenols is 1. The van der Waals surface area contributed by atoms with Crippen LogP contribution in [0, 0.1) is 28.6 Å². The summed E-state index contributed by atoms with van der Waals surface area (Å²) in [5.74, 6) is 1.95. The van der Waals surface area contributed by atoms with Gasteiger partial charge in [0, 0.05) is 12.0 Å². The Morgan fingerprint density at radius 2 is 1.81 bits per heavy atom. The first-order chi connectivity index (χ1) is 12.7. The van der Waals surface area contributed by atoms with Crippen LogP contribution in [0.5, 0.6) is 5.75 Å². The largest absolute Gasteiger partial charge is 0.508 e. The molecule has 0 aliphatic heterocycles. The van der Waals surface area contributed by atoms with Crippen LogP contribution < -0.4 is 0 Å². The van der Waals surface area contributed by atoms with Crippen molar-refractivity contribution >= 4 is 12.0 Å². The molecule has 1 aromatic carbocycles. The van der Waals surface area contributed by atoms with Gasteiger partial charge in [-0.05, 0) is 85.5 Å². The van der Waals surface area contributed by atoms with Crippen LogP contribution >= 0.6 is 0 Å². The van der Waals surface area contributed by atoms with Crippen LogP contribution in [0.4, 0.5) is 0 Å². The zero-order valence-corrected chi connectivity index (χ0v) is 17.0. The number of rotatable bonds is 3. The second kappa shape index (κ2) is 6.12. The Kier molecular flexibility index (Phi) is 4.21. The maximum atomic E-state index is 12.6. The molecule has 1 aromatic rings. The lowest BCUT2D eigenvalue weighted by molar-refractivity contribution is -0.167. The number of esters is 1. The summed E-state index contributed by atoms with van der Waals surface area (Å²) in [4.78, 5) is 12.6. The number of hydrogen-bond acceptors (Lipinski definition) is 3. The van der Waals surface area contributed by atoms with Gasteiger partial charge in [0.1, 0.15) is 11.4 Å². The second-order valence-corrected chi connectivity index (χ2v) is 10.0.